The Balaban J connectivity index is 2.06. The van der Waals surface area contributed by atoms with Gasteiger partial charge in [-0.1, -0.05) is 41.9 Å². The molecule has 2 aromatic rings. The lowest BCUT2D eigenvalue weighted by Gasteiger charge is -2.08. The van der Waals surface area contributed by atoms with E-state index in [4.69, 9.17) is 16.3 Å². The van der Waals surface area contributed by atoms with Crippen molar-refractivity contribution in [2.24, 2.45) is 0 Å². The van der Waals surface area contributed by atoms with E-state index in [1.165, 1.54) is 0 Å². The highest BCUT2D eigenvalue weighted by atomic mass is 35.5. The van der Waals surface area contributed by atoms with Crippen molar-refractivity contribution in [1.82, 2.24) is 0 Å². The summed E-state index contributed by atoms with van der Waals surface area (Å²) in [6, 6.07) is 15.9. The van der Waals surface area contributed by atoms with E-state index in [1.54, 1.807) is 11.8 Å². The zero-order valence-corrected chi connectivity index (χ0v) is 11.1. The van der Waals surface area contributed by atoms with E-state index in [1.807, 2.05) is 54.8 Å². The smallest absolute Gasteiger partial charge is 0.122 e. The van der Waals surface area contributed by atoms with Gasteiger partial charge in [-0.15, -0.1) is 11.8 Å². The summed E-state index contributed by atoms with van der Waals surface area (Å²) in [6.07, 6.45) is 2.02. The van der Waals surface area contributed by atoms with Crippen LogP contribution in [0, 0.1) is 0 Å². The molecule has 0 spiro atoms. The molecule has 0 radical (unpaired) electrons. The van der Waals surface area contributed by atoms with Crippen LogP contribution < -0.4 is 4.74 Å². The highest BCUT2D eigenvalue weighted by Crippen LogP contribution is 2.26. The topological polar surface area (TPSA) is 9.23 Å². The van der Waals surface area contributed by atoms with E-state index >= 15 is 0 Å². The highest BCUT2D eigenvalue weighted by Gasteiger charge is 2.00. The van der Waals surface area contributed by atoms with Crippen LogP contribution in [0.4, 0.5) is 0 Å². The third kappa shape index (κ3) is 3.69. The van der Waals surface area contributed by atoms with Gasteiger partial charge in [-0.2, -0.15) is 0 Å². The summed E-state index contributed by atoms with van der Waals surface area (Å²) in [5.41, 5.74) is 1.15. The highest BCUT2D eigenvalue weighted by molar-refractivity contribution is 7.98. The molecule has 0 aliphatic heterocycles. The molecule has 17 heavy (non-hydrogen) atoms. The first kappa shape index (κ1) is 12.3. The first-order valence-corrected chi connectivity index (χ1v) is 6.89. The van der Waals surface area contributed by atoms with Gasteiger partial charge < -0.3 is 4.74 Å². The Kier molecular flexibility index (Phi) is 4.35. The molecule has 0 saturated carbocycles. The first-order chi connectivity index (χ1) is 8.28. The fourth-order valence-electron chi connectivity index (χ4n) is 1.48. The second-order valence-electron chi connectivity index (χ2n) is 3.60. The van der Waals surface area contributed by atoms with Crippen LogP contribution in [-0.2, 0) is 6.61 Å². The largest absolute Gasteiger partial charge is 0.489 e. The average molecular weight is 265 g/mol. The fraction of sp³-hybridized carbons (Fsp3) is 0.143. The molecule has 0 heterocycles. The summed E-state index contributed by atoms with van der Waals surface area (Å²) < 4.78 is 5.72. The van der Waals surface area contributed by atoms with Crippen molar-refractivity contribution in [3.63, 3.8) is 0 Å². The monoisotopic (exact) mass is 264 g/mol. The van der Waals surface area contributed by atoms with Crippen LogP contribution in [0.2, 0.25) is 5.02 Å². The Hall–Kier alpha value is -1.12. The Morgan fingerprint density at radius 3 is 2.59 bits per heavy atom. The van der Waals surface area contributed by atoms with Crippen molar-refractivity contribution in [2.75, 3.05) is 6.26 Å². The van der Waals surface area contributed by atoms with Crippen molar-refractivity contribution in [2.45, 2.75) is 11.5 Å². The maximum Gasteiger partial charge on any atom is 0.122 e. The maximum absolute atomic E-state index is 6.02. The molecule has 0 atom stereocenters. The number of benzene rings is 2. The van der Waals surface area contributed by atoms with Crippen LogP contribution in [0.15, 0.2) is 53.4 Å². The van der Waals surface area contributed by atoms with Crippen LogP contribution in [0.1, 0.15) is 5.56 Å². The molecular formula is C14H13ClOS. The van der Waals surface area contributed by atoms with Gasteiger partial charge in [0, 0.05) is 9.92 Å². The van der Waals surface area contributed by atoms with Gasteiger partial charge in [0.15, 0.2) is 0 Å². The second-order valence-corrected chi connectivity index (χ2v) is 4.92. The van der Waals surface area contributed by atoms with Gasteiger partial charge in [-0.3, -0.25) is 0 Å². The first-order valence-electron chi connectivity index (χ1n) is 5.29. The molecule has 2 aromatic carbocycles. The summed E-state index contributed by atoms with van der Waals surface area (Å²) in [7, 11) is 0. The van der Waals surface area contributed by atoms with Crippen LogP contribution in [0.25, 0.3) is 0 Å². The minimum atomic E-state index is 0.564. The Bertz CT molecular complexity index is 485. The van der Waals surface area contributed by atoms with E-state index < -0.39 is 0 Å². The second kappa shape index (κ2) is 5.99. The van der Waals surface area contributed by atoms with Crippen molar-refractivity contribution < 1.29 is 4.74 Å². The van der Waals surface area contributed by atoms with Gasteiger partial charge in [0.25, 0.3) is 0 Å². The van der Waals surface area contributed by atoms with Gasteiger partial charge in [-0.05, 0) is 30.0 Å². The van der Waals surface area contributed by atoms with Gasteiger partial charge in [-0.25, -0.2) is 0 Å². The van der Waals surface area contributed by atoms with Crippen LogP contribution in [-0.4, -0.2) is 6.26 Å². The molecule has 0 fully saturated rings. The molecule has 0 aromatic heterocycles. The number of rotatable bonds is 4. The van der Waals surface area contributed by atoms with E-state index in [9.17, 15) is 0 Å². The van der Waals surface area contributed by atoms with Crippen molar-refractivity contribution in [3.05, 3.63) is 59.1 Å². The third-order valence-electron chi connectivity index (χ3n) is 2.33. The van der Waals surface area contributed by atoms with Crippen molar-refractivity contribution in [3.8, 4) is 5.75 Å². The zero-order chi connectivity index (χ0) is 12.1. The van der Waals surface area contributed by atoms with E-state index in [0.29, 0.717) is 11.6 Å². The molecule has 0 unspecified atom stereocenters. The molecule has 0 N–H and O–H groups in total. The summed E-state index contributed by atoms with van der Waals surface area (Å²) in [5, 5.41) is 0.708. The lowest BCUT2D eigenvalue weighted by atomic mass is 10.2. The molecule has 0 saturated heterocycles. The third-order valence-corrected chi connectivity index (χ3v) is 3.25. The normalized spacial score (nSPS) is 10.2. The number of halogens is 1. The van der Waals surface area contributed by atoms with Gasteiger partial charge >= 0.3 is 0 Å². The fourth-order valence-corrected chi connectivity index (χ4v) is 2.25. The van der Waals surface area contributed by atoms with E-state index in [-0.39, 0.29) is 0 Å². The maximum atomic E-state index is 6.02. The number of hydrogen-bond acceptors (Lipinski definition) is 2. The molecule has 0 amide bonds. The van der Waals surface area contributed by atoms with E-state index in [0.717, 1.165) is 16.2 Å². The summed E-state index contributed by atoms with van der Waals surface area (Å²) in [4.78, 5) is 1.11. The summed E-state index contributed by atoms with van der Waals surface area (Å²) in [5.74, 6) is 0.811. The minimum absolute atomic E-state index is 0.564. The Morgan fingerprint density at radius 1 is 1.12 bits per heavy atom. The van der Waals surface area contributed by atoms with Crippen LogP contribution in [0.3, 0.4) is 0 Å². The van der Waals surface area contributed by atoms with Gasteiger partial charge in [0.2, 0.25) is 0 Å². The van der Waals surface area contributed by atoms with Crippen molar-refractivity contribution >= 4 is 23.4 Å². The molecule has 1 nitrogen and oxygen atoms in total. The molecule has 0 aliphatic carbocycles. The van der Waals surface area contributed by atoms with Gasteiger partial charge in [0.1, 0.15) is 12.4 Å². The van der Waals surface area contributed by atoms with E-state index in [2.05, 4.69) is 0 Å². The number of thioether (sulfide) groups is 1. The quantitative estimate of drug-likeness (QED) is 0.744. The Morgan fingerprint density at radius 2 is 1.88 bits per heavy atom. The SMILES string of the molecule is CSc1cc(Cl)cc(OCc2ccccc2)c1. The van der Waals surface area contributed by atoms with Gasteiger partial charge in [0.05, 0.1) is 0 Å². The van der Waals surface area contributed by atoms with Crippen LogP contribution in [0.5, 0.6) is 5.75 Å². The minimum Gasteiger partial charge on any atom is -0.489 e. The average Bonchev–Trinajstić information content (AvgIpc) is 2.37. The molecular weight excluding hydrogens is 252 g/mol. The molecule has 3 heteroatoms. The number of hydrogen-bond donors (Lipinski definition) is 0. The predicted molar refractivity (Wildman–Crippen MR) is 74.0 cm³/mol. The predicted octanol–water partition coefficient (Wildman–Crippen LogP) is 4.64. The number of ether oxygens (including phenoxy) is 1. The zero-order valence-electron chi connectivity index (χ0n) is 9.52. The lowest BCUT2D eigenvalue weighted by Crippen LogP contribution is -1.95. The molecule has 0 bridgehead atoms. The summed E-state index contributed by atoms with van der Waals surface area (Å²) in [6.45, 7) is 0.564. The summed E-state index contributed by atoms with van der Waals surface area (Å²) >= 11 is 7.67. The molecule has 88 valence electrons. The van der Waals surface area contributed by atoms with Crippen molar-refractivity contribution in [1.29, 1.82) is 0 Å². The standard InChI is InChI=1S/C14H13ClOS/c1-17-14-8-12(15)7-13(9-14)16-10-11-5-3-2-4-6-11/h2-9H,10H2,1H3. The van der Waals surface area contributed by atoms with Crippen LogP contribution >= 0.6 is 23.4 Å². The molecule has 2 rings (SSSR count). The molecule has 0 aliphatic rings. The Labute approximate surface area is 111 Å². The lowest BCUT2D eigenvalue weighted by molar-refractivity contribution is 0.305.